The van der Waals surface area contributed by atoms with Crippen LogP contribution in [0.25, 0.3) is 21.5 Å². The summed E-state index contributed by atoms with van der Waals surface area (Å²) in [5.74, 6) is 1.01. The molecule has 1 aromatic carbocycles. The van der Waals surface area contributed by atoms with Crippen molar-refractivity contribution in [3.8, 4) is 11.4 Å². The van der Waals surface area contributed by atoms with Gasteiger partial charge in [-0.15, -0.1) is 11.3 Å². The lowest BCUT2D eigenvalue weighted by Gasteiger charge is -1.91. The normalized spacial score (nSPS) is 10.9. The number of nitroso groups, excluding NO2 is 1. The molecule has 3 aromatic rings. The summed E-state index contributed by atoms with van der Waals surface area (Å²) in [6, 6.07) is 8.07. The van der Waals surface area contributed by atoms with Crippen LogP contribution in [0.1, 0.15) is 5.89 Å². The molecule has 2 aromatic heterocycles. The Labute approximate surface area is 106 Å². The van der Waals surface area contributed by atoms with E-state index in [9.17, 15) is 4.91 Å². The molecule has 0 N–H and O–H groups in total. The van der Waals surface area contributed by atoms with E-state index in [1.54, 1.807) is 11.3 Å². The molecule has 0 radical (unpaired) electrons. The first-order valence-electron chi connectivity index (χ1n) is 5.47. The average molecular weight is 259 g/mol. The summed E-state index contributed by atoms with van der Waals surface area (Å²) in [6.45, 7) is 0.159. The van der Waals surface area contributed by atoms with E-state index in [4.69, 9.17) is 4.52 Å². The fourth-order valence-electron chi connectivity index (χ4n) is 1.76. The highest BCUT2D eigenvalue weighted by molar-refractivity contribution is 7.17. The van der Waals surface area contributed by atoms with Crippen molar-refractivity contribution in [2.75, 3.05) is 6.54 Å². The summed E-state index contributed by atoms with van der Waals surface area (Å²) in [4.78, 5) is 14.3. The van der Waals surface area contributed by atoms with Gasteiger partial charge in [-0.05, 0) is 6.07 Å². The van der Waals surface area contributed by atoms with Gasteiger partial charge in [0.25, 0.3) is 0 Å². The fourth-order valence-corrected chi connectivity index (χ4v) is 2.70. The lowest BCUT2D eigenvalue weighted by Crippen LogP contribution is -1.88. The van der Waals surface area contributed by atoms with Crippen LogP contribution < -0.4 is 0 Å². The van der Waals surface area contributed by atoms with Gasteiger partial charge in [-0.3, -0.25) is 0 Å². The highest BCUT2D eigenvalue weighted by Gasteiger charge is 2.12. The van der Waals surface area contributed by atoms with Crippen molar-refractivity contribution in [2.24, 2.45) is 5.18 Å². The van der Waals surface area contributed by atoms with Crippen LogP contribution in [0.2, 0.25) is 0 Å². The number of hydrogen-bond donors (Lipinski definition) is 0. The Morgan fingerprint density at radius 3 is 3.11 bits per heavy atom. The molecule has 2 heterocycles. The van der Waals surface area contributed by atoms with Gasteiger partial charge in [-0.25, -0.2) is 0 Å². The molecular formula is C12H9N3O2S. The molecule has 0 fully saturated rings. The second-order valence-corrected chi connectivity index (χ2v) is 4.67. The Morgan fingerprint density at radius 1 is 1.33 bits per heavy atom. The molecule has 0 aliphatic carbocycles. The SMILES string of the molecule is O=NCCc1nc(-c2csc3ccccc23)no1. The minimum Gasteiger partial charge on any atom is -0.339 e. The number of benzene rings is 1. The zero-order chi connectivity index (χ0) is 12.4. The summed E-state index contributed by atoms with van der Waals surface area (Å²) in [7, 11) is 0. The Hall–Kier alpha value is -2.08. The molecule has 6 heteroatoms. The van der Waals surface area contributed by atoms with Crippen LogP contribution in [0.15, 0.2) is 39.3 Å². The molecule has 0 saturated carbocycles. The first-order chi connectivity index (χ1) is 8.88. The Morgan fingerprint density at radius 2 is 2.22 bits per heavy atom. The molecule has 0 bridgehead atoms. The van der Waals surface area contributed by atoms with Gasteiger partial charge in [0.1, 0.15) is 0 Å². The molecule has 3 rings (SSSR count). The number of thiophene rings is 1. The monoisotopic (exact) mass is 259 g/mol. The van der Waals surface area contributed by atoms with Gasteiger partial charge in [0, 0.05) is 21.0 Å². The number of rotatable bonds is 4. The van der Waals surface area contributed by atoms with E-state index in [0.29, 0.717) is 18.1 Å². The van der Waals surface area contributed by atoms with E-state index in [0.717, 1.165) is 10.9 Å². The molecule has 90 valence electrons. The maximum absolute atomic E-state index is 10.1. The Balaban J connectivity index is 1.99. The van der Waals surface area contributed by atoms with Gasteiger partial charge in [0.15, 0.2) is 0 Å². The summed E-state index contributed by atoms with van der Waals surface area (Å²) >= 11 is 1.65. The van der Waals surface area contributed by atoms with E-state index in [1.807, 2.05) is 23.6 Å². The second-order valence-electron chi connectivity index (χ2n) is 3.76. The van der Waals surface area contributed by atoms with Crippen molar-refractivity contribution in [1.29, 1.82) is 0 Å². The predicted molar refractivity (Wildman–Crippen MR) is 69.5 cm³/mol. The standard InChI is InChI=1S/C12H9N3O2S/c16-13-6-5-11-14-12(15-17-11)9-7-18-10-4-2-1-3-8(9)10/h1-4,7H,5-6H2. The van der Waals surface area contributed by atoms with Gasteiger partial charge in [0.2, 0.25) is 11.7 Å². The highest BCUT2D eigenvalue weighted by Crippen LogP contribution is 2.32. The number of fused-ring (bicyclic) bond motifs is 1. The molecule has 0 spiro atoms. The van der Waals surface area contributed by atoms with Gasteiger partial charge >= 0.3 is 0 Å². The van der Waals surface area contributed by atoms with Gasteiger partial charge in [0.05, 0.1) is 13.0 Å². The van der Waals surface area contributed by atoms with Crippen molar-refractivity contribution in [3.05, 3.63) is 40.4 Å². The Bertz CT molecular complexity index is 689. The minimum absolute atomic E-state index is 0.159. The van der Waals surface area contributed by atoms with Crippen LogP contribution in [0.5, 0.6) is 0 Å². The van der Waals surface area contributed by atoms with Crippen LogP contribution in [0, 0.1) is 4.91 Å². The predicted octanol–water partition coefficient (Wildman–Crippen LogP) is 3.26. The fraction of sp³-hybridized carbons (Fsp3) is 0.167. The van der Waals surface area contributed by atoms with E-state index in [1.165, 1.54) is 4.70 Å². The van der Waals surface area contributed by atoms with E-state index >= 15 is 0 Å². The van der Waals surface area contributed by atoms with Crippen molar-refractivity contribution >= 4 is 21.4 Å². The minimum atomic E-state index is 0.159. The maximum atomic E-state index is 10.1. The first kappa shape index (κ1) is 11.0. The smallest absolute Gasteiger partial charge is 0.228 e. The quantitative estimate of drug-likeness (QED) is 0.674. The number of aromatic nitrogens is 2. The summed E-state index contributed by atoms with van der Waals surface area (Å²) in [5.41, 5.74) is 0.963. The Kier molecular flexibility index (Phi) is 2.85. The van der Waals surface area contributed by atoms with Crippen LogP contribution >= 0.6 is 11.3 Å². The zero-order valence-corrected chi connectivity index (χ0v) is 10.2. The third-order valence-electron chi connectivity index (χ3n) is 2.61. The largest absolute Gasteiger partial charge is 0.339 e. The third-order valence-corrected chi connectivity index (χ3v) is 3.57. The maximum Gasteiger partial charge on any atom is 0.228 e. The molecule has 0 atom stereocenters. The van der Waals surface area contributed by atoms with E-state index < -0.39 is 0 Å². The van der Waals surface area contributed by atoms with E-state index in [-0.39, 0.29) is 6.54 Å². The van der Waals surface area contributed by atoms with Crippen LogP contribution in [0.4, 0.5) is 0 Å². The summed E-state index contributed by atoms with van der Waals surface area (Å²) in [5, 5.41) is 9.84. The molecule has 0 aliphatic rings. The average Bonchev–Trinajstić information content (AvgIpc) is 3.02. The summed E-state index contributed by atoms with van der Waals surface area (Å²) < 4.78 is 6.27. The number of hydrogen-bond acceptors (Lipinski definition) is 6. The van der Waals surface area contributed by atoms with Crippen molar-refractivity contribution < 1.29 is 4.52 Å². The summed E-state index contributed by atoms with van der Waals surface area (Å²) in [6.07, 6.45) is 0.387. The van der Waals surface area contributed by atoms with Crippen LogP contribution in [0.3, 0.4) is 0 Å². The molecule has 0 saturated heterocycles. The lowest BCUT2D eigenvalue weighted by atomic mass is 10.2. The van der Waals surface area contributed by atoms with Crippen molar-refractivity contribution in [3.63, 3.8) is 0 Å². The molecule has 0 unspecified atom stereocenters. The molecular weight excluding hydrogens is 250 g/mol. The van der Waals surface area contributed by atoms with Crippen molar-refractivity contribution in [2.45, 2.75) is 6.42 Å². The first-order valence-corrected chi connectivity index (χ1v) is 6.35. The lowest BCUT2D eigenvalue weighted by molar-refractivity contribution is 0.380. The van der Waals surface area contributed by atoms with Crippen LogP contribution in [-0.4, -0.2) is 16.7 Å². The molecule has 5 nitrogen and oxygen atoms in total. The molecule has 18 heavy (non-hydrogen) atoms. The topological polar surface area (TPSA) is 68.3 Å². The third kappa shape index (κ3) is 1.91. The molecule has 0 amide bonds. The van der Waals surface area contributed by atoms with Gasteiger partial charge in [-0.2, -0.15) is 9.89 Å². The van der Waals surface area contributed by atoms with Gasteiger partial charge in [-0.1, -0.05) is 28.5 Å². The zero-order valence-electron chi connectivity index (χ0n) is 9.37. The van der Waals surface area contributed by atoms with Crippen LogP contribution in [-0.2, 0) is 6.42 Å². The van der Waals surface area contributed by atoms with E-state index in [2.05, 4.69) is 21.4 Å². The highest BCUT2D eigenvalue weighted by atomic mass is 32.1. The van der Waals surface area contributed by atoms with Gasteiger partial charge < -0.3 is 4.52 Å². The molecule has 0 aliphatic heterocycles. The second kappa shape index (κ2) is 4.66. The number of nitrogens with zero attached hydrogens (tertiary/aromatic N) is 3. The van der Waals surface area contributed by atoms with Crippen molar-refractivity contribution in [1.82, 2.24) is 10.1 Å².